The summed E-state index contributed by atoms with van der Waals surface area (Å²) in [7, 11) is 0. The maximum atomic E-state index is 13.0. The van der Waals surface area contributed by atoms with Gasteiger partial charge < -0.3 is 5.11 Å². The molecule has 3 rings (SSSR count). The molecule has 1 aliphatic rings. The van der Waals surface area contributed by atoms with Crippen LogP contribution >= 0.6 is 0 Å². The summed E-state index contributed by atoms with van der Waals surface area (Å²) in [5.74, 6) is -0.920. The van der Waals surface area contributed by atoms with Crippen LogP contribution in [-0.4, -0.2) is 16.1 Å². The van der Waals surface area contributed by atoms with Crippen molar-refractivity contribution in [3.8, 4) is 11.1 Å². The number of aromatic nitrogens is 1. The Morgan fingerprint density at radius 3 is 2.43 bits per heavy atom. The molecule has 0 saturated heterocycles. The Labute approximate surface area is 130 Å². The number of hydrogen-bond acceptors (Lipinski definition) is 2. The van der Waals surface area contributed by atoms with Crippen molar-refractivity contribution < 1.29 is 23.1 Å². The predicted molar refractivity (Wildman–Crippen MR) is 78.0 cm³/mol. The van der Waals surface area contributed by atoms with E-state index in [2.05, 4.69) is 4.98 Å². The number of rotatable bonds is 3. The highest BCUT2D eigenvalue weighted by molar-refractivity contribution is 5.85. The second-order valence-corrected chi connectivity index (χ2v) is 5.88. The van der Waals surface area contributed by atoms with E-state index in [0.717, 1.165) is 6.07 Å². The number of aliphatic carboxylic acids is 1. The average molecular weight is 321 g/mol. The maximum Gasteiger partial charge on any atom is 0.416 e. The highest BCUT2D eigenvalue weighted by Crippen LogP contribution is 2.48. The minimum Gasteiger partial charge on any atom is -0.481 e. The van der Waals surface area contributed by atoms with E-state index in [4.69, 9.17) is 0 Å². The number of aryl methyl sites for hydroxylation is 1. The van der Waals surface area contributed by atoms with Gasteiger partial charge in [0.05, 0.1) is 11.0 Å². The average Bonchev–Trinajstić information content (AvgIpc) is 3.28. The highest BCUT2D eigenvalue weighted by Gasteiger charge is 2.52. The summed E-state index contributed by atoms with van der Waals surface area (Å²) in [6.07, 6.45) is -0.454. The SMILES string of the molecule is Cc1ccc(-c2cncc(C3(C(=O)O)CC3)c2)cc1C(F)(F)F. The zero-order chi connectivity index (χ0) is 16.8. The quantitative estimate of drug-likeness (QED) is 0.922. The fourth-order valence-corrected chi connectivity index (χ4v) is 2.72. The van der Waals surface area contributed by atoms with E-state index in [1.165, 1.54) is 25.4 Å². The van der Waals surface area contributed by atoms with Gasteiger partial charge in [-0.15, -0.1) is 0 Å². The van der Waals surface area contributed by atoms with Crippen LogP contribution in [0.2, 0.25) is 0 Å². The van der Waals surface area contributed by atoms with Gasteiger partial charge in [0, 0.05) is 18.0 Å². The van der Waals surface area contributed by atoms with Gasteiger partial charge in [0.2, 0.25) is 0 Å². The monoisotopic (exact) mass is 321 g/mol. The Balaban J connectivity index is 2.05. The number of alkyl halides is 3. The number of pyridine rings is 1. The van der Waals surface area contributed by atoms with Gasteiger partial charge in [0.15, 0.2) is 0 Å². The molecular formula is C17H14F3NO2. The fraction of sp³-hybridized carbons (Fsp3) is 0.294. The highest BCUT2D eigenvalue weighted by atomic mass is 19.4. The largest absolute Gasteiger partial charge is 0.481 e. The van der Waals surface area contributed by atoms with Crippen molar-refractivity contribution in [3.05, 3.63) is 53.3 Å². The molecule has 0 spiro atoms. The molecule has 1 saturated carbocycles. The standard InChI is InChI=1S/C17H14F3NO2/c1-10-2-3-11(7-14(10)17(18,19)20)12-6-13(9-21-8-12)16(4-5-16)15(22)23/h2-3,6-9H,4-5H2,1H3,(H,22,23). The predicted octanol–water partition coefficient (Wildman–Crippen LogP) is 4.19. The van der Waals surface area contributed by atoms with Gasteiger partial charge in [-0.3, -0.25) is 9.78 Å². The first-order valence-corrected chi connectivity index (χ1v) is 7.11. The van der Waals surface area contributed by atoms with E-state index in [-0.39, 0.29) is 5.56 Å². The summed E-state index contributed by atoms with van der Waals surface area (Å²) in [6, 6.07) is 5.70. The van der Waals surface area contributed by atoms with Crippen LogP contribution in [0.5, 0.6) is 0 Å². The van der Waals surface area contributed by atoms with E-state index in [1.807, 2.05) is 0 Å². The number of carbonyl (C=O) groups is 1. The Morgan fingerprint density at radius 2 is 1.87 bits per heavy atom. The molecule has 2 aromatic rings. The number of nitrogens with zero attached hydrogens (tertiary/aromatic N) is 1. The smallest absolute Gasteiger partial charge is 0.416 e. The van der Waals surface area contributed by atoms with Crippen molar-refractivity contribution in [3.63, 3.8) is 0 Å². The lowest BCUT2D eigenvalue weighted by Gasteiger charge is -2.14. The zero-order valence-electron chi connectivity index (χ0n) is 12.3. The molecule has 0 amide bonds. The fourth-order valence-electron chi connectivity index (χ4n) is 2.72. The number of hydrogen-bond donors (Lipinski definition) is 1. The number of carboxylic acid groups (broad SMARTS) is 1. The molecule has 1 aromatic carbocycles. The van der Waals surface area contributed by atoms with Crippen molar-refractivity contribution in [1.82, 2.24) is 4.98 Å². The third kappa shape index (κ3) is 2.69. The second-order valence-electron chi connectivity index (χ2n) is 5.88. The van der Waals surface area contributed by atoms with Crippen LogP contribution in [0.25, 0.3) is 11.1 Å². The Morgan fingerprint density at radius 1 is 1.17 bits per heavy atom. The van der Waals surface area contributed by atoms with Gasteiger partial charge >= 0.3 is 12.1 Å². The summed E-state index contributed by atoms with van der Waals surface area (Å²) in [5, 5.41) is 9.33. The molecule has 6 heteroatoms. The van der Waals surface area contributed by atoms with Crippen LogP contribution < -0.4 is 0 Å². The van der Waals surface area contributed by atoms with Crippen molar-refractivity contribution in [1.29, 1.82) is 0 Å². The number of carboxylic acids is 1. The first-order valence-electron chi connectivity index (χ1n) is 7.11. The van der Waals surface area contributed by atoms with Crippen molar-refractivity contribution in [2.75, 3.05) is 0 Å². The molecule has 0 aliphatic heterocycles. The molecule has 0 bridgehead atoms. The molecule has 23 heavy (non-hydrogen) atoms. The third-order valence-corrected chi connectivity index (χ3v) is 4.33. The van der Waals surface area contributed by atoms with Gasteiger partial charge in [-0.2, -0.15) is 13.2 Å². The van der Waals surface area contributed by atoms with E-state index < -0.39 is 23.1 Å². The molecule has 1 fully saturated rings. The van der Waals surface area contributed by atoms with E-state index in [0.29, 0.717) is 29.5 Å². The normalized spacial score (nSPS) is 16.2. The Kier molecular flexibility index (Phi) is 3.43. The summed E-state index contributed by atoms with van der Waals surface area (Å²) in [4.78, 5) is 15.4. The van der Waals surface area contributed by atoms with Crippen LogP contribution in [0.3, 0.4) is 0 Å². The number of halogens is 3. The van der Waals surface area contributed by atoms with Gasteiger partial charge in [0.1, 0.15) is 0 Å². The van der Waals surface area contributed by atoms with Crippen molar-refractivity contribution >= 4 is 5.97 Å². The lowest BCUT2D eigenvalue weighted by molar-refractivity contribution is -0.140. The van der Waals surface area contributed by atoms with Gasteiger partial charge in [-0.05, 0) is 48.6 Å². The Hall–Kier alpha value is -2.37. The van der Waals surface area contributed by atoms with Crippen LogP contribution in [0.15, 0.2) is 36.7 Å². The molecule has 1 aliphatic carbocycles. The molecule has 0 radical (unpaired) electrons. The minimum absolute atomic E-state index is 0.148. The maximum absolute atomic E-state index is 13.0. The summed E-state index contributed by atoms with van der Waals surface area (Å²) < 4.78 is 39.1. The first-order chi connectivity index (χ1) is 10.7. The summed E-state index contributed by atoms with van der Waals surface area (Å²) in [6.45, 7) is 1.41. The van der Waals surface area contributed by atoms with Crippen LogP contribution in [0.1, 0.15) is 29.5 Å². The second kappa shape index (κ2) is 5.08. The third-order valence-electron chi connectivity index (χ3n) is 4.33. The van der Waals surface area contributed by atoms with E-state index >= 15 is 0 Å². The van der Waals surface area contributed by atoms with Crippen molar-refractivity contribution in [2.24, 2.45) is 0 Å². The minimum atomic E-state index is -4.43. The zero-order valence-corrected chi connectivity index (χ0v) is 12.3. The van der Waals surface area contributed by atoms with Gasteiger partial charge in [0.25, 0.3) is 0 Å². The molecule has 0 atom stereocenters. The van der Waals surface area contributed by atoms with Crippen molar-refractivity contribution in [2.45, 2.75) is 31.4 Å². The molecule has 0 unspecified atom stereocenters. The molecule has 1 N–H and O–H groups in total. The topological polar surface area (TPSA) is 50.2 Å². The van der Waals surface area contributed by atoms with E-state index in [9.17, 15) is 23.1 Å². The lowest BCUT2D eigenvalue weighted by Crippen LogP contribution is -2.19. The van der Waals surface area contributed by atoms with Crippen LogP contribution in [0.4, 0.5) is 13.2 Å². The summed E-state index contributed by atoms with van der Waals surface area (Å²) >= 11 is 0. The lowest BCUT2D eigenvalue weighted by atomic mass is 9.94. The van der Waals surface area contributed by atoms with Gasteiger partial charge in [-0.25, -0.2) is 0 Å². The number of benzene rings is 1. The molecular weight excluding hydrogens is 307 g/mol. The molecule has 3 nitrogen and oxygen atoms in total. The Bertz CT molecular complexity index is 780. The van der Waals surface area contributed by atoms with Gasteiger partial charge in [-0.1, -0.05) is 12.1 Å². The molecule has 120 valence electrons. The molecule has 1 aromatic heterocycles. The molecule has 1 heterocycles. The summed E-state index contributed by atoms with van der Waals surface area (Å²) in [5.41, 5.74) is -0.0782. The van der Waals surface area contributed by atoms with Crippen LogP contribution in [0, 0.1) is 6.92 Å². The van der Waals surface area contributed by atoms with E-state index in [1.54, 1.807) is 12.1 Å². The first kappa shape index (κ1) is 15.5. The van der Waals surface area contributed by atoms with Crippen LogP contribution in [-0.2, 0) is 16.4 Å².